The second-order valence-electron chi connectivity index (χ2n) is 3.03. The number of hydrazine groups is 1. The molecule has 1 aromatic carbocycles. The van der Waals surface area contributed by atoms with E-state index in [-0.39, 0.29) is 6.54 Å². The lowest BCUT2D eigenvalue weighted by atomic mass is 10.2. The number of benzene rings is 1. The Morgan fingerprint density at radius 1 is 1.33 bits per heavy atom. The summed E-state index contributed by atoms with van der Waals surface area (Å²) < 4.78 is 0. The Morgan fingerprint density at radius 2 is 2.07 bits per heavy atom. The summed E-state index contributed by atoms with van der Waals surface area (Å²) in [4.78, 5) is 0. The molecule has 0 radical (unpaired) electrons. The van der Waals surface area contributed by atoms with Crippen LogP contribution in [0.3, 0.4) is 0 Å². The van der Waals surface area contributed by atoms with Gasteiger partial charge in [0.15, 0.2) is 0 Å². The highest BCUT2D eigenvalue weighted by molar-refractivity contribution is 5.15. The minimum absolute atomic E-state index is 0.264. The van der Waals surface area contributed by atoms with Gasteiger partial charge in [-0.2, -0.15) is 0 Å². The Hall–Kier alpha value is -1.54. The Balaban J connectivity index is 2.27. The first-order valence-electron chi connectivity index (χ1n) is 4.72. The van der Waals surface area contributed by atoms with Crippen LogP contribution in [0.25, 0.3) is 0 Å². The molecule has 0 spiro atoms. The maximum atomic E-state index is 9.19. The van der Waals surface area contributed by atoms with Crippen LogP contribution >= 0.6 is 0 Å². The summed E-state index contributed by atoms with van der Waals surface area (Å²) in [5.41, 5.74) is 3.50. The minimum Gasteiger partial charge on any atom is -0.379 e. The van der Waals surface area contributed by atoms with Gasteiger partial charge in [0.2, 0.25) is 0 Å². The summed E-state index contributed by atoms with van der Waals surface area (Å²) in [5.74, 6) is 7.63. The van der Waals surface area contributed by atoms with Gasteiger partial charge >= 0.3 is 0 Å². The average Bonchev–Trinajstić information content (AvgIpc) is 2.26. The van der Waals surface area contributed by atoms with Crippen molar-refractivity contribution in [3.63, 3.8) is 0 Å². The highest BCUT2D eigenvalue weighted by Crippen LogP contribution is 1.96. The van der Waals surface area contributed by atoms with Gasteiger partial charge in [-0.25, -0.2) is 0 Å². The molecule has 0 aliphatic carbocycles. The molecule has 0 heterocycles. The molecule has 0 saturated heterocycles. The summed E-state index contributed by atoms with van der Waals surface area (Å²) >= 11 is 0. The maximum absolute atomic E-state index is 9.19. The smallest absolute Gasteiger partial charge is 0.130 e. The molecule has 1 atom stereocenters. The molecule has 0 aliphatic heterocycles. The predicted octanol–water partition coefficient (Wildman–Crippen LogP) is -0.439. The molecule has 15 heavy (non-hydrogen) atoms. The van der Waals surface area contributed by atoms with E-state index in [1.165, 1.54) is 0 Å². The van der Waals surface area contributed by atoms with Gasteiger partial charge in [-0.3, -0.25) is 11.3 Å². The van der Waals surface area contributed by atoms with E-state index in [1.54, 1.807) is 0 Å². The first-order valence-corrected chi connectivity index (χ1v) is 4.72. The quantitative estimate of drug-likeness (QED) is 0.233. The maximum Gasteiger partial charge on any atom is 0.130 e. The van der Waals surface area contributed by atoms with Crippen LogP contribution in [0.15, 0.2) is 30.3 Å². The Bertz CT molecular complexity index is 329. The third kappa shape index (κ3) is 5.03. The van der Waals surface area contributed by atoms with Crippen molar-refractivity contribution in [3.05, 3.63) is 35.9 Å². The second-order valence-corrected chi connectivity index (χ2v) is 3.03. The Kier molecular flexibility index (Phi) is 5.26. The fourth-order valence-corrected chi connectivity index (χ4v) is 1.04. The highest BCUT2D eigenvalue weighted by Gasteiger charge is 1.94. The number of aliphatic hydroxyl groups excluding tert-OH is 1. The number of hydrogen-bond acceptors (Lipinski definition) is 4. The molecule has 5 N–H and O–H groups in total. The van der Waals surface area contributed by atoms with Crippen LogP contribution in [0.5, 0.6) is 0 Å². The summed E-state index contributed by atoms with van der Waals surface area (Å²) in [5, 5.41) is 12.1. The SMILES string of the molecule is NNC[C@H](O)C#CNCc1ccccc1. The second kappa shape index (κ2) is 6.85. The van der Waals surface area contributed by atoms with Gasteiger partial charge in [0, 0.05) is 19.1 Å². The topological polar surface area (TPSA) is 70.3 Å². The fourth-order valence-electron chi connectivity index (χ4n) is 1.04. The van der Waals surface area contributed by atoms with Gasteiger partial charge < -0.3 is 10.4 Å². The van der Waals surface area contributed by atoms with E-state index in [1.807, 2.05) is 30.3 Å². The van der Waals surface area contributed by atoms with Crippen LogP contribution in [0, 0.1) is 12.0 Å². The molecule has 0 unspecified atom stereocenters. The minimum atomic E-state index is -0.738. The van der Waals surface area contributed by atoms with E-state index in [9.17, 15) is 5.11 Å². The zero-order valence-corrected chi connectivity index (χ0v) is 8.40. The monoisotopic (exact) mass is 205 g/mol. The number of hydrogen-bond donors (Lipinski definition) is 4. The van der Waals surface area contributed by atoms with Gasteiger partial charge in [0.25, 0.3) is 0 Å². The van der Waals surface area contributed by atoms with Gasteiger partial charge in [0.05, 0.1) is 0 Å². The molecule has 0 aromatic heterocycles. The van der Waals surface area contributed by atoms with Crippen molar-refractivity contribution in [1.82, 2.24) is 10.7 Å². The standard InChI is InChI=1S/C11H15N3O/c12-14-9-11(15)6-7-13-8-10-4-2-1-3-5-10/h1-5,11,13-15H,8-9,12H2/t11-/m1/s1. The van der Waals surface area contributed by atoms with Gasteiger partial charge in [-0.1, -0.05) is 30.3 Å². The van der Waals surface area contributed by atoms with Crippen molar-refractivity contribution in [2.24, 2.45) is 5.84 Å². The number of nitrogens with one attached hydrogen (secondary N) is 2. The van der Waals surface area contributed by atoms with Crippen molar-refractivity contribution in [1.29, 1.82) is 0 Å². The molecule has 0 bridgehead atoms. The highest BCUT2D eigenvalue weighted by atomic mass is 16.3. The zero-order chi connectivity index (χ0) is 10.9. The summed E-state index contributed by atoms with van der Waals surface area (Å²) in [6, 6.07) is 12.6. The van der Waals surface area contributed by atoms with Gasteiger partial charge in [-0.05, 0) is 11.5 Å². The molecule has 0 fully saturated rings. The summed E-state index contributed by atoms with van der Waals surface area (Å²) in [6.45, 7) is 0.927. The molecule has 4 heteroatoms. The lowest BCUT2D eigenvalue weighted by molar-refractivity contribution is 0.228. The first-order chi connectivity index (χ1) is 7.33. The van der Waals surface area contributed by atoms with E-state index >= 15 is 0 Å². The van der Waals surface area contributed by atoms with Gasteiger partial charge in [-0.15, -0.1) is 0 Å². The molecule has 80 valence electrons. The summed E-state index contributed by atoms with van der Waals surface area (Å²) in [6.07, 6.45) is -0.738. The van der Waals surface area contributed by atoms with Crippen molar-refractivity contribution in [3.8, 4) is 12.0 Å². The van der Waals surface area contributed by atoms with Crippen LogP contribution < -0.4 is 16.6 Å². The molecule has 1 aromatic rings. The van der Waals surface area contributed by atoms with Gasteiger partial charge in [0.1, 0.15) is 6.10 Å². The molecule has 1 rings (SSSR count). The predicted molar refractivity (Wildman–Crippen MR) is 59.3 cm³/mol. The van der Waals surface area contributed by atoms with Crippen LogP contribution in [-0.2, 0) is 6.54 Å². The van der Waals surface area contributed by atoms with Crippen molar-refractivity contribution >= 4 is 0 Å². The van der Waals surface area contributed by atoms with E-state index < -0.39 is 6.10 Å². The third-order valence-corrected chi connectivity index (χ3v) is 1.77. The number of nitrogens with two attached hydrogens (primary N) is 1. The molecular weight excluding hydrogens is 190 g/mol. The Morgan fingerprint density at radius 3 is 2.73 bits per heavy atom. The van der Waals surface area contributed by atoms with Crippen LogP contribution in [0.1, 0.15) is 5.56 Å². The van der Waals surface area contributed by atoms with E-state index in [2.05, 4.69) is 22.7 Å². The molecule has 4 nitrogen and oxygen atoms in total. The van der Waals surface area contributed by atoms with Crippen molar-refractivity contribution < 1.29 is 5.11 Å². The van der Waals surface area contributed by atoms with Crippen molar-refractivity contribution in [2.45, 2.75) is 12.6 Å². The largest absolute Gasteiger partial charge is 0.379 e. The lowest BCUT2D eigenvalue weighted by Crippen LogP contribution is -2.31. The zero-order valence-electron chi connectivity index (χ0n) is 8.40. The average molecular weight is 205 g/mol. The van der Waals surface area contributed by atoms with Crippen molar-refractivity contribution in [2.75, 3.05) is 6.54 Å². The molecular formula is C11H15N3O. The fraction of sp³-hybridized carbons (Fsp3) is 0.273. The van der Waals surface area contributed by atoms with E-state index in [0.29, 0.717) is 6.54 Å². The molecule has 0 amide bonds. The van der Waals surface area contributed by atoms with Crippen LogP contribution in [-0.4, -0.2) is 17.8 Å². The molecule has 0 aliphatic rings. The lowest BCUT2D eigenvalue weighted by Gasteiger charge is -2.00. The number of aliphatic hydroxyl groups is 1. The third-order valence-electron chi connectivity index (χ3n) is 1.77. The summed E-state index contributed by atoms with van der Waals surface area (Å²) in [7, 11) is 0. The van der Waals surface area contributed by atoms with Crippen LogP contribution in [0.4, 0.5) is 0 Å². The van der Waals surface area contributed by atoms with Crippen LogP contribution in [0.2, 0.25) is 0 Å². The normalized spacial score (nSPS) is 11.3. The Labute approximate surface area is 89.5 Å². The van der Waals surface area contributed by atoms with E-state index in [4.69, 9.17) is 5.84 Å². The van der Waals surface area contributed by atoms with E-state index in [0.717, 1.165) is 5.56 Å². The number of rotatable bonds is 4. The molecule has 0 saturated carbocycles. The first kappa shape index (κ1) is 11.5.